The van der Waals surface area contributed by atoms with E-state index >= 15 is 0 Å². The molecule has 0 aliphatic carbocycles. The van der Waals surface area contributed by atoms with Gasteiger partial charge in [-0.2, -0.15) is 0 Å². The van der Waals surface area contributed by atoms with E-state index < -0.39 is 19.1 Å². The van der Waals surface area contributed by atoms with Crippen LogP contribution in [-0.2, 0) is 4.74 Å². The monoisotopic (exact) mass is 204 g/mol. The van der Waals surface area contributed by atoms with Gasteiger partial charge in [0.1, 0.15) is 0 Å². The third-order valence-corrected chi connectivity index (χ3v) is 0.986. The van der Waals surface area contributed by atoms with Gasteiger partial charge >= 0.3 is 58.4 Å². The molecule has 1 nitrogen and oxygen atoms in total. The Morgan fingerprint density at radius 2 is 1.92 bits per heavy atom. The predicted molar refractivity (Wildman–Crippen MR) is 39.2 cm³/mol. The molecule has 0 aromatic heterocycles. The van der Waals surface area contributed by atoms with Gasteiger partial charge in [0.2, 0.25) is 0 Å². The van der Waals surface area contributed by atoms with Crippen molar-refractivity contribution in [1.29, 1.82) is 0 Å². The first-order valence-electron chi connectivity index (χ1n) is 3.04. The van der Waals surface area contributed by atoms with Gasteiger partial charge in [0.25, 0.3) is 0 Å². The molecule has 0 amide bonds. The first kappa shape index (κ1) is 15.4. The molecule has 0 aromatic rings. The second kappa shape index (κ2) is 7.35. The Bertz CT molecular complexity index is 157. The first-order chi connectivity index (χ1) is 4.98. The smallest absolute Gasteiger partial charge is 0.445 e. The molecule has 0 bridgehead atoms. The number of hydrogen-bond acceptors (Lipinski definition) is 1. The van der Waals surface area contributed by atoms with E-state index in [0.29, 0.717) is 0 Å². The van der Waals surface area contributed by atoms with Crippen molar-refractivity contribution in [2.75, 3.05) is 13.2 Å². The van der Waals surface area contributed by atoms with Crippen LogP contribution in [0.15, 0.2) is 24.7 Å². The average molecular weight is 204 g/mol. The second-order valence-electron chi connectivity index (χ2n) is 2.04. The summed E-state index contributed by atoms with van der Waals surface area (Å²) < 4.78 is 39.7. The maximum Gasteiger partial charge on any atom is 1.00 e. The van der Waals surface area contributed by atoms with Gasteiger partial charge in [-0.3, -0.25) is 0 Å². The van der Waals surface area contributed by atoms with Crippen LogP contribution in [0.2, 0.25) is 0 Å². The van der Waals surface area contributed by atoms with Crippen molar-refractivity contribution in [2.24, 2.45) is 0 Å². The molecular formula is C6H9BF3KO. The minimum absolute atomic E-state index is 0. The van der Waals surface area contributed by atoms with Crippen LogP contribution in [0.4, 0.5) is 12.9 Å². The Morgan fingerprint density at radius 3 is 2.25 bits per heavy atom. The van der Waals surface area contributed by atoms with Crippen molar-refractivity contribution >= 4 is 6.98 Å². The summed E-state index contributed by atoms with van der Waals surface area (Å²) >= 11 is 0. The Labute approximate surface area is 113 Å². The van der Waals surface area contributed by atoms with E-state index in [1.807, 2.05) is 0 Å². The standard InChI is InChI=1S/C6H9BF3O.K/c1-3-4-11-5-6(2)7(8,9)10;/h3H,1-2,4-5H2;/q-1;+1. The van der Waals surface area contributed by atoms with Crippen molar-refractivity contribution in [3.05, 3.63) is 24.7 Å². The molecule has 0 saturated carbocycles. The largest absolute Gasteiger partial charge is 1.00 e. The third-order valence-electron chi connectivity index (χ3n) is 0.986. The number of halogens is 3. The Balaban J connectivity index is 0. The molecule has 0 saturated heterocycles. The van der Waals surface area contributed by atoms with Crippen molar-refractivity contribution in [3.8, 4) is 0 Å². The fourth-order valence-electron chi connectivity index (χ4n) is 0.368. The maximum atomic E-state index is 11.7. The normalized spacial score (nSPS) is 10.2. The predicted octanol–water partition coefficient (Wildman–Crippen LogP) is -0.864. The van der Waals surface area contributed by atoms with Crippen LogP contribution in [0.3, 0.4) is 0 Å². The molecule has 0 rings (SSSR count). The van der Waals surface area contributed by atoms with E-state index in [1.54, 1.807) is 0 Å². The van der Waals surface area contributed by atoms with E-state index in [-0.39, 0.29) is 58.0 Å². The topological polar surface area (TPSA) is 9.23 Å². The van der Waals surface area contributed by atoms with Gasteiger partial charge in [-0.1, -0.05) is 6.08 Å². The van der Waals surface area contributed by atoms with Crippen molar-refractivity contribution in [2.45, 2.75) is 0 Å². The van der Waals surface area contributed by atoms with Gasteiger partial charge in [0.05, 0.1) is 6.61 Å². The SMILES string of the molecule is C=CCOCC(=C)[B-](F)(F)F.[K+]. The number of ether oxygens (including phenoxy) is 1. The molecule has 0 atom stereocenters. The molecule has 12 heavy (non-hydrogen) atoms. The summed E-state index contributed by atoms with van der Waals surface area (Å²) in [6, 6.07) is 0. The van der Waals surface area contributed by atoms with Crippen LogP contribution in [-0.4, -0.2) is 20.2 Å². The molecule has 0 aromatic carbocycles. The zero-order valence-corrected chi connectivity index (χ0v) is 10.1. The van der Waals surface area contributed by atoms with Gasteiger partial charge in [-0.15, -0.1) is 18.6 Å². The van der Waals surface area contributed by atoms with Crippen molar-refractivity contribution in [1.82, 2.24) is 0 Å². The molecular weight excluding hydrogens is 195 g/mol. The molecule has 0 N–H and O–H groups in total. The van der Waals surface area contributed by atoms with Crippen molar-refractivity contribution in [3.63, 3.8) is 0 Å². The molecule has 6 heteroatoms. The fraction of sp³-hybridized carbons (Fsp3) is 0.333. The molecule has 0 unspecified atom stereocenters. The summed E-state index contributed by atoms with van der Waals surface area (Å²) in [6.07, 6.45) is 1.39. The summed E-state index contributed by atoms with van der Waals surface area (Å²) in [6.45, 7) is 0.844. The zero-order valence-electron chi connectivity index (χ0n) is 7.03. The Hall–Kier alpha value is 0.931. The molecule has 64 valence electrons. The minimum Gasteiger partial charge on any atom is -0.445 e. The molecule has 0 spiro atoms. The Morgan fingerprint density at radius 1 is 1.42 bits per heavy atom. The van der Waals surface area contributed by atoms with E-state index in [2.05, 4.69) is 17.9 Å². The molecule has 0 radical (unpaired) electrons. The molecule has 0 aliphatic rings. The van der Waals surface area contributed by atoms with Gasteiger partial charge in [-0.25, -0.2) is 0 Å². The van der Waals surface area contributed by atoms with E-state index in [1.165, 1.54) is 6.08 Å². The quantitative estimate of drug-likeness (QED) is 0.321. The maximum absolute atomic E-state index is 11.7. The van der Waals surface area contributed by atoms with Gasteiger partial charge in [0, 0.05) is 6.61 Å². The van der Waals surface area contributed by atoms with Crippen LogP contribution in [0.1, 0.15) is 0 Å². The minimum atomic E-state index is -4.94. The van der Waals surface area contributed by atoms with E-state index in [0.717, 1.165) is 0 Å². The van der Waals surface area contributed by atoms with Gasteiger partial charge < -0.3 is 17.7 Å². The summed E-state index contributed by atoms with van der Waals surface area (Å²) in [5, 5.41) is 0. The molecule has 0 fully saturated rings. The molecule has 0 aliphatic heterocycles. The average Bonchev–Trinajstić information content (AvgIpc) is 1.86. The molecule has 0 heterocycles. The van der Waals surface area contributed by atoms with E-state index in [4.69, 9.17) is 0 Å². The number of rotatable bonds is 5. The second-order valence-corrected chi connectivity index (χ2v) is 2.04. The van der Waals surface area contributed by atoms with E-state index in [9.17, 15) is 12.9 Å². The van der Waals surface area contributed by atoms with Crippen LogP contribution in [0.5, 0.6) is 0 Å². The Kier molecular flexibility index (Phi) is 9.43. The van der Waals surface area contributed by atoms with Crippen LogP contribution in [0, 0.1) is 0 Å². The summed E-state index contributed by atoms with van der Waals surface area (Å²) in [5.74, 6) is 0. The number of hydrogen-bond donors (Lipinski definition) is 0. The summed E-state index contributed by atoms with van der Waals surface area (Å²) in [4.78, 5) is 0. The third kappa shape index (κ3) is 7.57. The zero-order chi connectivity index (χ0) is 8.91. The first-order valence-corrected chi connectivity index (χ1v) is 3.04. The van der Waals surface area contributed by atoms with Crippen molar-refractivity contribution < 1.29 is 69.1 Å². The summed E-state index contributed by atoms with van der Waals surface area (Å²) in [5.41, 5.74) is -0.813. The van der Waals surface area contributed by atoms with Crippen LogP contribution >= 0.6 is 0 Å². The van der Waals surface area contributed by atoms with Gasteiger partial charge in [-0.05, 0) is 0 Å². The van der Waals surface area contributed by atoms with Gasteiger partial charge in [0.15, 0.2) is 0 Å². The summed E-state index contributed by atoms with van der Waals surface area (Å²) in [7, 11) is 0. The van der Waals surface area contributed by atoms with Crippen LogP contribution < -0.4 is 51.4 Å². The fourth-order valence-corrected chi connectivity index (χ4v) is 0.368. The van der Waals surface area contributed by atoms with Crippen LogP contribution in [0.25, 0.3) is 0 Å².